The minimum Gasteiger partial charge on any atom is -0.306 e. The smallest absolute Gasteiger partial charge is 0.136 e. The van der Waals surface area contributed by atoms with Crippen molar-refractivity contribution in [1.82, 2.24) is 19.4 Å². The zero-order valence-electron chi connectivity index (χ0n) is 12.8. The van der Waals surface area contributed by atoms with Crippen molar-refractivity contribution in [3.63, 3.8) is 0 Å². The molecule has 4 heteroatoms. The topological polar surface area (TPSA) is 43.1 Å². The van der Waals surface area contributed by atoms with Gasteiger partial charge in [-0.3, -0.25) is 0 Å². The van der Waals surface area contributed by atoms with E-state index in [1.165, 1.54) is 11.1 Å². The van der Waals surface area contributed by atoms with Crippen LogP contribution in [0.2, 0.25) is 0 Å². The van der Waals surface area contributed by atoms with Crippen molar-refractivity contribution in [2.75, 3.05) is 0 Å². The average Bonchev–Trinajstić information content (AvgIpc) is 3.11. The molecule has 0 amide bonds. The second kappa shape index (κ2) is 5.05. The third-order valence-corrected chi connectivity index (χ3v) is 4.00. The summed E-state index contributed by atoms with van der Waals surface area (Å²) in [4.78, 5) is 13.6. The van der Waals surface area contributed by atoms with Gasteiger partial charge in [0.15, 0.2) is 0 Å². The fraction of sp³-hybridized carbons (Fsp3) is 0.278. The number of nitrogens with zero attached hydrogens (tertiary/aromatic N) is 4. The van der Waals surface area contributed by atoms with E-state index in [9.17, 15) is 0 Å². The zero-order chi connectivity index (χ0) is 15.1. The third kappa shape index (κ3) is 2.21. The summed E-state index contributed by atoms with van der Waals surface area (Å²) in [5.74, 6) is 1.53. The minimum atomic E-state index is 0.579. The monoisotopic (exact) mass is 290 g/mol. The Morgan fingerprint density at radius 2 is 2.14 bits per heavy atom. The van der Waals surface area contributed by atoms with Gasteiger partial charge in [-0.25, -0.2) is 15.0 Å². The number of fused-ring (bicyclic) bond motifs is 2. The number of hydrogen-bond acceptors (Lipinski definition) is 3. The zero-order valence-corrected chi connectivity index (χ0v) is 12.8. The molecule has 0 aromatic carbocycles. The van der Waals surface area contributed by atoms with Crippen molar-refractivity contribution in [3.05, 3.63) is 65.6 Å². The molecule has 3 aromatic rings. The van der Waals surface area contributed by atoms with Gasteiger partial charge in [0.1, 0.15) is 11.5 Å². The normalized spacial score (nSPS) is 13.7. The van der Waals surface area contributed by atoms with Crippen LogP contribution in [0.25, 0.3) is 11.2 Å². The molecular formula is C18H18N4. The maximum atomic E-state index is 4.74. The van der Waals surface area contributed by atoms with E-state index in [4.69, 9.17) is 4.98 Å². The highest BCUT2D eigenvalue weighted by atomic mass is 15.0. The van der Waals surface area contributed by atoms with Gasteiger partial charge in [-0.05, 0) is 29.2 Å². The van der Waals surface area contributed by atoms with E-state index in [0.29, 0.717) is 5.92 Å². The fourth-order valence-corrected chi connectivity index (χ4v) is 2.96. The molecule has 1 aliphatic rings. The van der Waals surface area contributed by atoms with Gasteiger partial charge in [0.05, 0.1) is 5.69 Å². The molecule has 110 valence electrons. The van der Waals surface area contributed by atoms with Crippen LogP contribution in [0.1, 0.15) is 36.5 Å². The number of rotatable bonds is 3. The van der Waals surface area contributed by atoms with Crippen LogP contribution < -0.4 is 0 Å². The lowest BCUT2D eigenvalue weighted by Gasteiger charge is -2.08. The predicted molar refractivity (Wildman–Crippen MR) is 86.5 cm³/mol. The molecule has 4 nitrogen and oxygen atoms in total. The molecular weight excluding hydrogens is 272 g/mol. The van der Waals surface area contributed by atoms with E-state index in [-0.39, 0.29) is 0 Å². The molecule has 0 N–H and O–H groups in total. The number of aromatic nitrogens is 4. The maximum absolute atomic E-state index is 4.74. The molecule has 3 heterocycles. The van der Waals surface area contributed by atoms with Crippen molar-refractivity contribution >= 4 is 11.2 Å². The van der Waals surface area contributed by atoms with Crippen molar-refractivity contribution < 1.29 is 0 Å². The van der Waals surface area contributed by atoms with Crippen LogP contribution in [0.4, 0.5) is 0 Å². The van der Waals surface area contributed by atoms with Crippen LogP contribution >= 0.6 is 0 Å². The highest BCUT2D eigenvalue weighted by molar-refractivity contribution is 5.83. The molecule has 0 radical (unpaired) electrons. The van der Waals surface area contributed by atoms with Gasteiger partial charge in [0, 0.05) is 43.2 Å². The van der Waals surface area contributed by atoms with Crippen LogP contribution in [0, 0.1) is 5.92 Å². The molecule has 0 saturated carbocycles. The summed E-state index contributed by atoms with van der Waals surface area (Å²) in [7, 11) is 0. The summed E-state index contributed by atoms with van der Waals surface area (Å²) < 4.78 is 2.04. The van der Waals surface area contributed by atoms with Crippen molar-refractivity contribution in [1.29, 1.82) is 0 Å². The summed E-state index contributed by atoms with van der Waals surface area (Å²) >= 11 is 0. The van der Waals surface area contributed by atoms with Gasteiger partial charge < -0.3 is 4.40 Å². The Morgan fingerprint density at radius 1 is 1.23 bits per heavy atom. The van der Waals surface area contributed by atoms with Crippen LogP contribution in [-0.2, 0) is 12.8 Å². The van der Waals surface area contributed by atoms with Gasteiger partial charge in [-0.15, -0.1) is 0 Å². The van der Waals surface area contributed by atoms with Crippen molar-refractivity contribution in [2.45, 2.75) is 26.7 Å². The summed E-state index contributed by atoms with van der Waals surface area (Å²) in [6.07, 6.45) is 12.0. The summed E-state index contributed by atoms with van der Waals surface area (Å²) in [6, 6.07) is 4.16. The Labute approximate surface area is 129 Å². The van der Waals surface area contributed by atoms with E-state index in [2.05, 4.69) is 42.2 Å². The van der Waals surface area contributed by atoms with Crippen molar-refractivity contribution in [3.8, 4) is 0 Å². The van der Waals surface area contributed by atoms with E-state index in [1.54, 1.807) is 0 Å². The Balaban J connectivity index is 1.71. The fourth-order valence-electron chi connectivity index (χ4n) is 2.96. The highest BCUT2D eigenvalue weighted by Gasteiger charge is 2.18. The van der Waals surface area contributed by atoms with Gasteiger partial charge in [0.25, 0.3) is 0 Å². The molecule has 0 aliphatic heterocycles. The van der Waals surface area contributed by atoms with E-state index >= 15 is 0 Å². The van der Waals surface area contributed by atoms with Crippen LogP contribution in [0.3, 0.4) is 0 Å². The quantitative estimate of drug-likeness (QED) is 0.743. The Morgan fingerprint density at radius 3 is 3.00 bits per heavy atom. The molecule has 0 saturated heterocycles. The first-order chi connectivity index (χ1) is 10.7. The molecule has 0 unspecified atom stereocenters. The second-order valence-electron chi connectivity index (χ2n) is 6.18. The minimum absolute atomic E-state index is 0.579. The number of hydrogen-bond donors (Lipinski definition) is 0. The SMILES string of the molecule is CC(C)Cc1ncc2c(n1)CC=C2c1ccc2nccn2c1. The lowest BCUT2D eigenvalue weighted by molar-refractivity contribution is 0.618. The Hall–Kier alpha value is -2.49. The molecule has 0 bridgehead atoms. The molecule has 0 spiro atoms. The summed E-state index contributed by atoms with van der Waals surface area (Å²) in [6.45, 7) is 4.39. The Kier molecular flexibility index (Phi) is 3.03. The molecule has 0 atom stereocenters. The molecule has 1 aliphatic carbocycles. The summed E-state index contributed by atoms with van der Waals surface area (Å²) in [5, 5.41) is 0. The first kappa shape index (κ1) is 13.2. The van der Waals surface area contributed by atoms with E-state index in [0.717, 1.165) is 35.6 Å². The number of imidazole rings is 1. The highest BCUT2D eigenvalue weighted by Crippen LogP contribution is 2.31. The van der Waals surface area contributed by atoms with Gasteiger partial charge >= 0.3 is 0 Å². The first-order valence-electron chi connectivity index (χ1n) is 7.69. The first-order valence-corrected chi connectivity index (χ1v) is 7.69. The molecule has 0 fully saturated rings. The third-order valence-electron chi connectivity index (χ3n) is 4.00. The van der Waals surface area contributed by atoms with Crippen molar-refractivity contribution in [2.24, 2.45) is 5.92 Å². The van der Waals surface area contributed by atoms with E-state index < -0.39 is 0 Å². The Bertz CT molecular complexity index is 874. The lowest BCUT2D eigenvalue weighted by atomic mass is 10.0. The molecule has 4 rings (SSSR count). The van der Waals surface area contributed by atoms with Crippen LogP contribution in [0.5, 0.6) is 0 Å². The largest absolute Gasteiger partial charge is 0.306 e. The van der Waals surface area contributed by atoms with Gasteiger partial charge in [-0.1, -0.05) is 19.9 Å². The lowest BCUT2D eigenvalue weighted by Crippen LogP contribution is -2.04. The second-order valence-corrected chi connectivity index (χ2v) is 6.18. The van der Waals surface area contributed by atoms with E-state index in [1.807, 2.05) is 29.1 Å². The number of allylic oxidation sites excluding steroid dienone is 1. The van der Waals surface area contributed by atoms with Crippen LogP contribution in [-0.4, -0.2) is 19.4 Å². The summed E-state index contributed by atoms with van der Waals surface area (Å²) in [5.41, 5.74) is 5.68. The molecule has 22 heavy (non-hydrogen) atoms. The average molecular weight is 290 g/mol. The van der Waals surface area contributed by atoms with Gasteiger partial charge in [-0.2, -0.15) is 0 Å². The maximum Gasteiger partial charge on any atom is 0.136 e. The van der Waals surface area contributed by atoms with Crippen LogP contribution in [0.15, 0.2) is 43.0 Å². The van der Waals surface area contributed by atoms with Gasteiger partial charge in [0.2, 0.25) is 0 Å². The number of pyridine rings is 1. The predicted octanol–water partition coefficient (Wildman–Crippen LogP) is 3.31. The molecule has 3 aromatic heterocycles. The standard InChI is InChI=1S/C18H18N4/c1-12(2)9-17-20-10-15-14(4-5-16(15)21-17)13-3-6-18-19-7-8-22(18)11-13/h3-4,6-8,10-12H,5,9H2,1-2H3.